The number of aromatic amines is 1. The summed E-state index contributed by atoms with van der Waals surface area (Å²) in [5, 5.41) is 20.1. The topological polar surface area (TPSA) is 96.2 Å². The van der Waals surface area contributed by atoms with Crippen molar-refractivity contribution < 1.29 is 14.8 Å². The Labute approximate surface area is 102 Å². The van der Waals surface area contributed by atoms with E-state index < -0.39 is 16.6 Å². The first-order chi connectivity index (χ1) is 8.49. The molecular formula is C12H10N2O4. The molecule has 6 nitrogen and oxygen atoms in total. The van der Waals surface area contributed by atoms with Gasteiger partial charge >= 0.3 is 11.7 Å². The van der Waals surface area contributed by atoms with Gasteiger partial charge in [0.05, 0.1) is 4.92 Å². The Bertz CT molecular complexity index is 654. The standard InChI is InChI=1S/C12H10N2O4/c1-7-2-3-9-8(6-13-10(9)4-7)5-11(12(15)16)14(17)18/h2-6,13H,1H3,(H,15,16)/b11-5-. The van der Waals surface area contributed by atoms with E-state index in [1.807, 2.05) is 19.1 Å². The molecule has 92 valence electrons. The molecule has 2 rings (SSSR count). The zero-order valence-electron chi connectivity index (χ0n) is 9.51. The molecular weight excluding hydrogens is 236 g/mol. The molecule has 0 unspecified atom stereocenters. The zero-order valence-corrected chi connectivity index (χ0v) is 9.51. The van der Waals surface area contributed by atoms with E-state index in [0.717, 1.165) is 22.5 Å². The Morgan fingerprint density at radius 1 is 1.50 bits per heavy atom. The van der Waals surface area contributed by atoms with E-state index in [1.165, 1.54) is 0 Å². The van der Waals surface area contributed by atoms with Crippen LogP contribution in [0.15, 0.2) is 30.1 Å². The predicted molar refractivity (Wildman–Crippen MR) is 65.6 cm³/mol. The highest BCUT2D eigenvalue weighted by Gasteiger charge is 2.21. The molecule has 1 aromatic carbocycles. The average molecular weight is 246 g/mol. The van der Waals surface area contributed by atoms with Crippen LogP contribution in [0.2, 0.25) is 0 Å². The van der Waals surface area contributed by atoms with Gasteiger partial charge in [-0.2, -0.15) is 0 Å². The van der Waals surface area contributed by atoms with Crippen LogP contribution in [-0.2, 0) is 4.79 Å². The van der Waals surface area contributed by atoms with E-state index in [0.29, 0.717) is 5.56 Å². The fraction of sp³-hybridized carbons (Fsp3) is 0.0833. The van der Waals surface area contributed by atoms with Crippen molar-refractivity contribution >= 4 is 22.9 Å². The molecule has 6 heteroatoms. The number of benzene rings is 1. The number of aliphatic carboxylic acids is 1. The summed E-state index contributed by atoms with van der Waals surface area (Å²) in [6, 6.07) is 5.55. The number of aryl methyl sites for hydroxylation is 1. The van der Waals surface area contributed by atoms with Gasteiger partial charge in [0.15, 0.2) is 0 Å². The molecule has 2 aromatic rings. The summed E-state index contributed by atoms with van der Waals surface area (Å²) in [6.45, 7) is 1.93. The van der Waals surface area contributed by atoms with Gasteiger partial charge in [0, 0.05) is 28.7 Å². The third-order valence-corrected chi connectivity index (χ3v) is 2.58. The van der Waals surface area contributed by atoms with Gasteiger partial charge in [-0.1, -0.05) is 12.1 Å². The number of carbonyl (C=O) groups is 1. The number of nitrogens with one attached hydrogen (secondary N) is 1. The van der Waals surface area contributed by atoms with E-state index in [-0.39, 0.29) is 0 Å². The maximum atomic E-state index is 10.7. The molecule has 18 heavy (non-hydrogen) atoms. The van der Waals surface area contributed by atoms with Crippen molar-refractivity contribution in [2.75, 3.05) is 0 Å². The fourth-order valence-corrected chi connectivity index (χ4v) is 1.72. The molecule has 0 amide bonds. The Morgan fingerprint density at radius 3 is 2.83 bits per heavy atom. The van der Waals surface area contributed by atoms with E-state index >= 15 is 0 Å². The van der Waals surface area contributed by atoms with Gasteiger partial charge in [0.1, 0.15) is 0 Å². The van der Waals surface area contributed by atoms with Gasteiger partial charge in [0.2, 0.25) is 0 Å². The number of carboxylic acids is 1. The highest BCUT2D eigenvalue weighted by atomic mass is 16.6. The Morgan fingerprint density at radius 2 is 2.22 bits per heavy atom. The number of hydrogen-bond acceptors (Lipinski definition) is 3. The number of rotatable bonds is 3. The van der Waals surface area contributed by atoms with E-state index in [1.54, 1.807) is 12.3 Å². The lowest BCUT2D eigenvalue weighted by atomic mass is 10.1. The van der Waals surface area contributed by atoms with Crippen LogP contribution in [0.4, 0.5) is 0 Å². The smallest absolute Gasteiger partial charge is 0.407 e. The second kappa shape index (κ2) is 4.33. The quantitative estimate of drug-likeness (QED) is 0.492. The summed E-state index contributed by atoms with van der Waals surface area (Å²) in [6.07, 6.45) is 2.60. The van der Waals surface area contributed by atoms with E-state index in [2.05, 4.69) is 4.98 Å². The number of nitro groups is 1. The average Bonchev–Trinajstić information content (AvgIpc) is 2.67. The van der Waals surface area contributed by atoms with Crippen molar-refractivity contribution in [1.29, 1.82) is 0 Å². The fourth-order valence-electron chi connectivity index (χ4n) is 1.72. The van der Waals surface area contributed by atoms with Crippen LogP contribution in [0.5, 0.6) is 0 Å². The van der Waals surface area contributed by atoms with Crippen LogP contribution in [0.1, 0.15) is 11.1 Å². The molecule has 0 atom stereocenters. The first kappa shape index (κ1) is 11.8. The van der Waals surface area contributed by atoms with Crippen molar-refractivity contribution in [2.45, 2.75) is 6.92 Å². The van der Waals surface area contributed by atoms with Gasteiger partial charge in [-0.15, -0.1) is 0 Å². The molecule has 0 spiro atoms. The Balaban J connectivity index is 2.58. The molecule has 1 heterocycles. The number of fused-ring (bicyclic) bond motifs is 1. The highest BCUT2D eigenvalue weighted by Crippen LogP contribution is 2.21. The SMILES string of the molecule is Cc1ccc2c(/C=C(/C(=O)O)[N+](=O)[O-])c[nH]c2c1. The minimum atomic E-state index is -1.55. The number of aromatic nitrogens is 1. The summed E-state index contributed by atoms with van der Waals surface area (Å²) < 4.78 is 0. The number of carboxylic acid groups (broad SMARTS) is 1. The van der Waals surface area contributed by atoms with Crippen molar-refractivity contribution in [3.63, 3.8) is 0 Å². The van der Waals surface area contributed by atoms with Gasteiger partial charge in [-0.25, -0.2) is 4.79 Å². The number of H-pyrrole nitrogens is 1. The van der Waals surface area contributed by atoms with Crippen LogP contribution in [0.25, 0.3) is 17.0 Å². The van der Waals surface area contributed by atoms with Crippen LogP contribution in [-0.4, -0.2) is 21.0 Å². The minimum absolute atomic E-state index is 0.485. The molecule has 0 saturated carbocycles. The Hall–Kier alpha value is -2.63. The molecule has 0 aliphatic heterocycles. The van der Waals surface area contributed by atoms with Crippen LogP contribution in [0.3, 0.4) is 0 Å². The monoisotopic (exact) mass is 246 g/mol. The first-order valence-electron chi connectivity index (χ1n) is 5.16. The summed E-state index contributed by atoms with van der Waals surface area (Å²) in [5.41, 5.74) is 1.50. The molecule has 0 saturated heterocycles. The zero-order chi connectivity index (χ0) is 13.3. The van der Waals surface area contributed by atoms with E-state index in [4.69, 9.17) is 5.11 Å². The van der Waals surface area contributed by atoms with Gasteiger partial charge in [-0.3, -0.25) is 10.1 Å². The third-order valence-electron chi connectivity index (χ3n) is 2.58. The third kappa shape index (κ3) is 2.08. The second-order valence-electron chi connectivity index (χ2n) is 3.88. The molecule has 0 aliphatic carbocycles. The molecule has 0 bridgehead atoms. The Kier molecular flexibility index (Phi) is 2.85. The molecule has 0 aliphatic rings. The summed E-state index contributed by atoms with van der Waals surface area (Å²) in [7, 11) is 0. The summed E-state index contributed by atoms with van der Waals surface area (Å²) in [5.74, 6) is -1.55. The van der Waals surface area contributed by atoms with Crippen molar-refractivity contribution in [3.8, 4) is 0 Å². The lowest BCUT2D eigenvalue weighted by Crippen LogP contribution is -2.09. The maximum Gasteiger partial charge on any atom is 0.407 e. The first-order valence-corrected chi connectivity index (χ1v) is 5.16. The van der Waals surface area contributed by atoms with E-state index in [9.17, 15) is 14.9 Å². The number of hydrogen-bond donors (Lipinski definition) is 2. The second-order valence-corrected chi connectivity index (χ2v) is 3.88. The molecule has 0 fully saturated rings. The van der Waals surface area contributed by atoms with Crippen LogP contribution in [0, 0.1) is 17.0 Å². The molecule has 2 N–H and O–H groups in total. The lowest BCUT2D eigenvalue weighted by molar-refractivity contribution is -0.419. The lowest BCUT2D eigenvalue weighted by Gasteiger charge is -1.95. The van der Waals surface area contributed by atoms with Crippen LogP contribution >= 0.6 is 0 Å². The normalized spacial score (nSPS) is 11.7. The van der Waals surface area contributed by atoms with Gasteiger partial charge < -0.3 is 10.1 Å². The van der Waals surface area contributed by atoms with Crippen molar-refractivity contribution in [1.82, 2.24) is 4.98 Å². The van der Waals surface area contributed by atoms with Crippen molar-refractivity contribution in [2.24, 2.45) is 0 Å². The largest absolute Gasteiger partial charge is 0.473 e. The van der Waals surface area contributed by atoms with Gasteiger partial charge in [0.25, 0.3) is 0 Å². The predicted octanol–water partition coefficient (Wildman–Crippen LogP) is 2.18. The van der Waals surface area contributed by atoms with Crippen molar-refractivity contribution in [3.05, 3.63) is 51.3 Å². The van der Waals surface area contributed by atoms with Crippen LogP contribution < -0.4 is 0 Å². The highest BCUT2D eigenvalue weighted by molar-refractivity contribution is 5.95. The molecule has 0 radical (unpaired) electrons. The minimum Gasteiger partial charge on any atom is -0.473 e. The number of nitrogens with zero attached hydrogens (tertiary/aromatic N) is 1. The summed E-state index contributed by atoms with van der Waals surface area (Å²) >= 11 is 0. The summed E-state index contributed by atoms with van der Waals surface area (Å²) in [4.78, 5) is 23.4. The van der Waals surface area contributed by atoms with Gasteiger partial charge in [-0.05, 0) is 18.6 Å². The molecule has 1 aromatic heterocycles. The maximum absolute atomic E-state index is 10.7.